The van der Waals surface area contributed by atoms with Crippen LogP contribution in [0.5, 0.6) is 0 Å². The summed E-state index contributed by atoms with van der Waals surface area (Å²) in [5.74, 6) is -1.58. The molecule has 0 unspecified atom stereocenters. The molecule has 3 aromatic rings. The van der Waals surface area contributed by atoms with Gasteiger partial charge in [0.05, 0.1) is 0 Å². The summed E-state index contributed by atoms with van der Waals surface area (Å²) in [6.45, 7) is 1.85. The van der Waals surface area contributed by atoms with E-state index in [-0.39, 0.29) is 17.5 Å². The van der Waals surface area contributed by atoms with Crippen LogP contribution in [0.1, 0.15) is 39.3 Å². The highest BCUT2D eigenvalue weighted by atomic mass is 19.1. The van der Waals surface area contributed by atoms with Gasteiger partial charge in [0.2, 0.25) is 11.7 Å². The van der Waals surface area contributed by atoms with E-state index in [0.717, 1.165) is 12.1 Å². The number of esters is 1. The number of halogens is 1. The summed E-state index contributed by atoms with van der Waals surface area (Å²) in [6.07, 6.45) is 1.35. The monoisotopic (exact) mass is 395 g/mol. The quantitative estimate of drug-likeness (QED) is 0.481. The minimum absolute atomic E-state index is 0.0544. The molecular weight excluding hydrogens is 377 g/mol. The maximum absolute atomic E-state index is 13.4. The normalized spacial score (nSPS) is 13.9. The average Bonchev–Trinajstić information content (AvgIpc) is 3.29. The Kier molecular flexibility index (Phi) is 4.88. The maximum Gasteiger partial charge on any atom is 0.375 e. The number of amides is 1. The summed E-state index contributed by atoms with van der Waals surface area (Å²) in [5.41, 5.74) is 1.94. The van der Waals surface area contributed by atoms with Crippen molar-refractivity contribution in [3.05, 3.63) is 65.2 Å². The van der Waals surface area contributed by atoms with E-state index in [4.69, 9.17) is 9.15 Å². The van der Waals surface area contributed by atoms with Gasteiger partial charge < -0.3 is 14.1 Å². The maximum atomic E-state index is 13.4. The number of ether oxygens (including phenoxy) is 1. The predicted molar refractivity (Wildman–Crippen MR) is 104 cm³/mol. The van der Waals surface area contributed by atoms with Gasteiger partial charge in [-0.1, -0.05) is 0 Å². The van der Waals surface area contributed by atoms with Crippen LogP contribution in [0.15, 0.2) is 46.9 Å². The molecule has 1 saturated heterocycles. The number of benzene rings is 2. The summed E-state index contributed by atoms with van der Waals surface area (Å²) in [4.78, 5) is 38.1. The smallest absolute Gasteiger partial charge is 0.375 e. The van der Waals surface area contributed by atoms with Crippen molar-refractivity contribution >= 4 is 34.3 Å². The standard InChI is InChI=1S/C22H18FNO5/c1-13-17-11-15(23)6-9-19(17)29-21(13)22(27)28-12-18(25)14-4-7-16(8-5-14)24-10-2-3-20(24)26/h4-9,11H,2-3,10,12H2,1H3. The van der Waals surface area contributed by atoms with E-state index in [1.807, 2.05) is 0 Å². The first-order valence-electron chi connectivity index (χ1n) is 9.23. The SMILES string of the molecule is Cc1c(C(=O)OCC(=O)c2ccc(N3CCCC3=O)cc2)oc2ccc(F)cc12. The van der Waals surface area contributed by atoms with Gasteiger partial charge in [-0.15, -0.1) is 0 Å². The van der Waals surface area contributed by atoms with Gasteiger partial charge in [0.1, 0.15) is 11.4 Å². The lowest BCUT2D eigenvalue weighted by molar-refractivity contribution is -0.117. The van der Waals surface area contributed by atoms with Crippen LogP contribution in [0, 0.1) is 12.7 Å². The minimum atomic E-state index is -0.785. The van der Waals surface area contributed by atoms with E-state index in [0.29, 0.717) is 35.1 Å². The number of ketones is 1. The number of hydrogen-bond donors (Lipinski definition) is 0. The zero-order valence-electron chi connectivity index (χ0n) is 15.7. The van der Waals surface area contributed by atoms with Gasteiger partial charge in [0, 0.05) is 35.2 Å². The number of anilines is 1. The molecule has 1 fully saturated rings. The van der Waals surface area contributed by atoms with Crippen molar-refractivity contribution in [1.82, 2.24) is 0 Å². The molecule has 1 amide bonds. The molecule has 0 N–H and O–H groups in total. The Morgan fingerprint density at radius 1 is 1.17 bits per heavy atom. The van der Waals surface area contributed by atoms with Crippen LogP contribution in [0.25, 0.3) is 11.0 Å². The minimum Gasteiger partial charge on any atom is -0.451 e. The van der Waals surface area contributed by atoms with Crippen molar-refractivity contribution < 1.29 is 27.9 Å². The van der Waals surface area contributed by atoms with Gasteiger partial charge in [-0.3, -0.25) is 9.59 Å². The second-order valence-electron chi connectivity index (χ2n) is 6.89. The van der Waals surface area contributed by atoms with Crippen molar-refractivity contribution in [2.75, 3.05) is 18.1 Å². The highest BCUT2D eigenvalue weighted by Crippen LogP contribution is 2.26. The number of furan rings is 1. The predicted octanol–water partition coefficient (Wildman–Crippen LogP) is 4.05. The highest BCUT2D eigenvalue weighted by molar-refractivity contribution is 6.01. The second-order valence-corrected chi connectivity index (χ2v) is 6.89. The first-order chi connectivity index (χ1) is 13.9. The van der Waals surface area contributed by atoms with Crippen molar-refractivity contribution in [3.8, 4) is 0 Å². The summed E-state index contributed by atoms with van der Waals surface area (Å²) < 4.78 is 23.9. The zero-order chi connectivity index (χ0) is 20.5. The molecule has 6 nitrogen and oxygen atoms in total. The van der Waals surface area contributed by atoms with Gasteiger partial charge in [-0.2, -0.15) is 0 Å². The average molecular weight is 395 g/mol. The highest BCUT2D eigenvalue weighted by Gasteiger charge is 2.23. The fourth-order valence-electron chi connectivity index (χ4n) is 3.42. The van der Waals surface area contributed by atoms with Crippen molar-refractivity contribution in [2.24, 2.45) is 0 Å². The third kappa shape index (κ3) is 3.63. The number of carbonyl (C=O) groups is 3. The number of nitrogens with zero attached hydrogens (tertiary/aromatic N) is 1. The fourth-order valence-corrected chi connectivity index (χ4v) is 3.42. The largest absolute Gasteiger partial charge is 0.451 e. The van der Waals surface area contributed by atoms with E-state index >= 15 is 0 Å². The van der Waals surface area contributed by atoms with Crippen molar-refractivity contribution in [1.29, 1.82) is 0 Å². The second kappa shape index (κ2) is 7.50. The molecule has 4 rings (SSSR count). The molecule has 0 atom stereocenters. The molecule has 2 heterocycles. The molecular formula is C22H18FNO5. The van der Waals surface area contributed by atoms with Crippen LogP contribution in [-0.2, 0) is 9.53 Å². The first kappa shape index (κ1) is 18.9. The van der Waals surface area contributed by atoms with Gasteiger partial charge in [0.25, 0.3) is 0 Å². The van der Waals surface area contributed by atoms with Crippen LogP contribution in [0.2, 0.25) is 0 Å². The molecule has 0 saturated carbocycles. The van der Waals surface area contributed by atoms with E-state index in [9.17, 15) is 18.8 Å². The molecule has 0 bridgehead atoms. The summed E-state index contributed by atoms with van der Waals surface area (Å²) in [5, 5.41) is 0.482. The molecule has 7 heteroatoms. The first-order valence-corrected chi connectivity index (χ1v) is 9.23. The van der Waals surface area contributed by atoms with Crippen LogP contribution in [-0.4, -0.2) is 30.8 Å². The van der Waals surface area contributed by atoms with E-state index in [2.05, 4.69) is 0 Å². The Morgan fingerprint density at radius 3 is 2.62 bits per heavy atom. The zero-order valence-corrected chi connectivity index (χ0v) is 15.7. The van der Waals surface area contributed by atoms with Gasteiger partial charge in [-0.25, -0.2) is 9.18 Å². The summed E-state index contributed by atoms with van der Waals surface area (Å²) in [6, 6.07) is 10.6. The third-order valence-corrected chi connectivity index (χ3v) is 4.99. The molecule has 148 valence electrons. The van der Waals surface area contributed by atoms with Gasteiger partial charge >= 0.3 is 5.97 Å². The van der Waals surface area contributed by atoms with Gasteiger partial charge in [-0.05, 0) is 55.8 Å². The van der Waals surface area contributed by atoms with Crippen molar-refractivity contribution in [3.63, 3.8) is 0 Å². The molecule has 29 heavy (non-hydrogen) atoms. The number of fused-ring (bicyclic) bond motifs is 1. The van der Waals surface area contributed by atoms with Crippen LogP contribution >= 0.6 is 0 Å². The molecule has 0 aliphatic carbocycles. The van der Waals surface area contributed by atoms with E-state index in [1.165, 1.54) is 18.2 Å². The Balaban J connectivity index is 1.42. The Labute approximate surface area is 165 Å². The van der Waals surface area contributed by atoms with Crippen LogP contribution in [0.3, 0.4) is 0 Å². The Bertz CT molecular complexity index is 1120. The molecule has 0 spiro atoms. The lowest BCUT2D eigenvalue weighted by Gasteiger charge is -2.15. The lowest BCUT2D eigenvalue weighted by atomic mass is 10.1. The number of aryl methyl sites for hydroxylation is 1. The Morgan fingerprint density at radius 2 is 1.93 bits per heavy atom. The molecule has 1 aromatic heterocycles. The van der Waals surface area contributed by atoms with Gasteiger partial charge in [0.15, 0.2) is 12.4 Å². The summed E-state index contributed by atoms with van der Waals surface area (Å²) in [7, 11) is 0. The summed E-state index contributed by atoms with van der Waals surface area (Å²) >= 11 is 0. The molecule has 1 aliphatic heterocycles. The number of Topliss-reactive ketones (excluding diaryl/α,β-unsaturated/α-hetero) is 1. The van der Waals surface area contributed by atoms with Crippen LogP contribution < -0.4 is 4.90 Å². The molecule has 2 aromatic carbocycles. The lowest BCUT2D eigenvalue weighted by Crippen LogP contribution is -2.23. The number of rotatable bonds is 5. The Hall–Kier alpha value is -3.48. The number of carbonyl (C=O) groups excluding carboxylic acids is 3. The van der Waals surface area contributed by atoms with Crippen molar-refractivity contribution in [2.45, 2.75) is 19.8 Å². The van der Waals surface area contributed by atoms with E-state index < -0.39 is 18.4 Å². The molecule has 1 aliphatic rings. The third-order valence-electron chi connectivity index (χ3n) is 4.99. The molecule has 0 radical (unpaired) electrons. The van der Waals surface area contributed by atoms with Crippen LogP contribution in [0.4, 0.5) is 10.1 Å². The fraction of sp³-hybridized carbons (Fsp3) is 0.227. The number of hydrogen-bond acceptors (Lipinski definition) is 5. The van der Waals surface area contributed by atoms with E-state index in [1.54, 1.807) is 36.1 Å². The topological polar surface area (TPSA) is 76.8 Å².